The van der Waals surface area contributed by atoms with Crippen molar-refractivity contribution in [3.8, 4) is 0 Å². The summed E-state index contributed by atoms with van der Waals surface area (Å²) in [5.74, 6) is 1.44. The zero-order valence-electron chi connectivity index (χ0n) is 8.38. The average Bonchev–Trinajstić information content (AvgIpc) is 2.02. The molecule has 13 heavy (non-hydrogen) atoms. The number of carbonyl (C=O) groups is 1. The van der Waals surface area contributed by atoms with Crippen LogP contribution < -0.4 is 5.73 Å². The minimum Gasteiger partial charge on any atom is -0.369 e. The van der Waals surface area contributed by atoms with E-state index in [0.29, 0.717) is 5.92 Å². The van der Waals surface area contributed by atoms with Crippen LogP contribution in [0.3, 0.4) is 0 Å². The Hall–Kier alpha value is -0.530. The molecular formula is C11H19NO. The highest BCUT2D eigenvalue weighted by atomic mass is 16.1. The highest BCUT2D eigenvalue weighted by molar-refractivity contribution is 5.81. The number of hydrogen-bond donors (Lipinski definition) is 1. The van der Waals surface area contributed by atoms with Crippen LogP contribution in [0.15, 0.2) is 0 Å². The van der Waals surface area contributed by atoms with Crippen molar-refractivity contribution in [1.82, 2.24) is 0 Å². The summed E-state index contributed by atoms with van der Waals surface area (Å²) in [5.41, 5.74) is 5.42. The van der Waals surface area contributed by atoms with Gasteiger partial charge in [0.1, 0.15) is 0 Å². The van der Waals surface area contributed by atoms with Crippen molar-refractivity contribution in [2.45, 2.75) is 45.4 Å². The molecule has 0 radical (unpaired) electrons. The molecule has 2 bridgehead atoms. The van der Waals surface area contributed by atoms with E-state index in [4.69, 9.17) is 5.73 Å². The first-order valence-electron chi connectivity index (χ1n) is 5.42. The van der Waals surface area contributed by atoms with Gasteiger partial charge in [-0.25, -0.2) is 0 Å². The van der Waals surface area contributed by atoms with Gasteiger partial charge in [0.15, 0.2) is 0 Å². The highest BCUT2D eigenvalue weighted by Gasteiger charge is 2.45. The Labute approximate surface area is 79.9 Å². The molecule has 2 aliphatic rings. The molecule has 0 heterocycles. The first-order chi connectivity index (χ1) is 6.12. The van der Waals surface area contributed by atoms with Gasteiger partial charge >= 0.3 is 0 Å². The predicted octanol–water partition coefficient (Wildman–Crippen LogP) is 2.08. The van der Waals surface area contributed by atoms with E-state index >= 15 is 0 Å². The summed E-state index contributed by atoms with van der Waals surface area (Å²) >= 11 is 0. The Morgan fingerprint density at radius 1 is 1.46 bits per heavy atom. The Balaban J connectivity index is 2.20. The van der Waals surface area contributed by atoms with Crippen LogP contribution in [0.4, 0.5) is 0 Å². The van der Waals surface area contributed by atoms with E-state index in [1.54, 1.807) is 0 Å². The molecule has 74 valence electrons. The molecule has 2 aliphatic carbocycles. The van der Waals surface area contributed by atoms with Crippen molar-refractivity contribution < 1.29 is 4.79 Å². The third-order valence-electron chi connectivity index (χ3n) is 3.94. The van der Waals surface area contributed by atoms with Crippen molar-refractivity contribution >= 4 is 5.91 Å². The number of fused-ring (bicyclic) bond motifs is 2. The molecule has 0 aromatic heterocycles. The summed E-state index contributed by atoms with van der Waals surface area (Å²) < 4.78 is 0. The molecule has 2 rings (SSSR count). The van der Waals surface area contributed by atoms with Crippen molar-refractivity contribution in [2.24, 2.45) is 23.0 Å². The molecule has 1 amide bonds. The van der Waals surface area contributed by atoms with Crippen LogP contribution in [0, 0.1) is 17.3 Å². The van der Waals surface area contributed by atoms with Crippen LogP contribution in [0.25, 0.3) is 0 Å². The molecule has 2 heteroatoms. The predicted molar refractivity (Wildman–Crippen MR) is 52.0 cm³/mol. The smallest absolute Gasteiger partial charge is 0.223 e. The lowest BCUT2D eigenvalue weighted by Crippen LogP contribution is -2.45. The van der Waals surface area contributed by atoms with Crippen molar-refractivity contribution in [3.63, 3.8) is 0 Å². The van der Waals surface area contributed by atoms with Gasteiger partial charge in [0.25, 0.3) is 0 Å². The maximum atomic E-state index is 11.5. The second-order valence-corrected chi connectivity index (χ2v) is 5.15. The molecule has 2 N–H and O–H groups in total. The fourth-order valence-electron chi connectivity index (χ4n) is 3.52. The molecule has 0 aromatic rings. The zero-order chi connectivity index (χ0) is 9.47. The molecule has 0 aromatic carbocycles. The summed E-state index contributed by atoms with van der Waals surface area (Å²) in [5, 5.41) is 0. The van der Waals surface area contributed by atoms with E-state index in [1.807, 2.05) is 0 Å². The lowest BCUT2D eigenvalue weighted by molar-refractivity contribution is -0.134. The number of hydrogen-bond acceptors (Lipinski definition) is 1. The molecule has 2 nitrogen and oxygen atoms in total. The summed E-state index contributed by atoms with van der Waals surface area (Å²) in [6.07, 6.45) is 7.00. The SMILES string of the molecule is CC1CC2CCCC(C(N)=O)(C1)C2. The van der Waals surface area contributed by atoms with E-state index in [-0.39, 0.29) is 11.3 Å². The van der Waals surface area contributed by atoms with E-state index in [0.717, 1.165) is 25.2 Å². The molecule has 2 saturated carbocycles. The number of nitrogens with two attached hydrogens (primary N) is 1. The Morgan fingerprint density at radius 2 is 2.23 bits per heavy atom. The average molecular weight is 181 g/mol. The maximum absolute atomic E-state index is 11.5. The van der Waals surface area contributed by atoms with Crippen LogP contribution in [-0.2, 0) is 4.79 Å². The van der Waals surface area contributed by atoms with Gasteiger partial charge in [-0.2, -0.15) is 0 Å². The minimum absolute atomic E-state index is 0.0382. The van der Waals surface area contributed by atoms with Crippen LogP contribution in [0.5, 0.6) is 0 Å². The van der Waals surface area contributed by atoms with Crippen LogP contribution in [0.2, 0.25) is 0 Å². The third kappa shape index (κ3) is 1.47. The van der Waals surface area contributed by atoms with Crippen molar-refractivity contribution in [2.75, 3.05) is 0 Å². The number of amides is 1. The van der Waals surface area contributed by atoms with E-state index in [9.17, 15) is 4.79 Å². The number of rotatable bonds is 1. The number of primary amides is 1. The third-order valence-corrected chi connectivity index (χ3v) is 3.94. The molecule has 3 unspecified atom stereocenters. The molecule has 0 aliphatic heterocycles. The van der Waals surface area contributed by atoms with E-state index < -0.39 is 0 Å². The van der Waals surface area contributed by atoms with Gasteiger partial charge in [0, 0.05) is 5.41 Å². The Kier molecular flexibility index (Phi) is 2.09. The summed E-state index contributed by atoms with van der Waals surface area (Å²) in [4.78, 5) is 11.5. The van der Waals surface area contributed by atoms with E-state index in [1.165, 1.54) is 19.3 Å². The van der Waals surface area contributed by atoms with Gasteiger partial charge in [-0.1, -0.05) is 19.8 Å². The molecule has 0 saturated heterocycles. The quantitative estimate of drug-likeness (QED) is 0.661. The van der Waals surface area contributed by atoms with Crippen LogP contribution >= 0.6 is 0 Å². The van der Waals surface area contributed by atoms with Gasteiger partial charge in [-0.15, -0.1) is 0 Å². The van der Waals surface area contributed by atoms with Crippen LogP contribution in [0.1, 0.15) is 45.4 Å². The molecule has 3 atom stereocenters. The zero-order valence-corrected chi connectivity index (χ0v) is 8.38. The molecule has 2 fully saturated rings. The lowest BCUT2D eigenvalue weighted by Gasteiger charge is -2.45. The van der Waals surface area contributed by atoms with E-state index in [2.05, 4.69) is 6.92 Å². The van der Waals surface area contributed by atoms with Gasteiger partial charge in [0.2, 0.25) is 5.91 Å². The fraction of sp³-hybridized carbons (Fsp3) is 0.909. The monoisotopic (exact) mass is 181 g/mol. The largest absolute Gasteiger partial charge is 0.369 e. The second-order valence-electron chi connectivity index (χ2n) is 5.15. The lowest BCUT2D eigenvalue weighted by atomic mass is 9.59. The fourth-order valence-corrected chi connectivity index (χ4v) is 3.52. The topological polar surface area (TPSA) is 43.1 Å². The standard InChI is InChI=1S/C11H19NO/c1-8-5-9-3-2-4-11(6-8,7-9)10(12)13/h8-9H,2-7H2,1H3,(H2,12,13). The van der Waals surface area contributed by atoms with Gasteiger partial charge in [-0.3, -0.25) is 4.79 Å². The number of carbonyl (C=O) groups excluding carboxylic acids is 1. The van der Waals surface area contributed by atoms with Gasteiger partial charge < -0.3 is 5.73 Å². The maximum Gasteiger partial charge on any atom is 0.223 e. The second kappa shape index (κ2) is 3.00. The Bertz CT molecular complexity index is 222. The molecule has 0 spiro atoms. The van der Waals surface area contributed by atoms with Crippen LogP contribution in [-0.4, -0.2) is 5.91 Å². The van der Waals surface area contributed by atoms with Crippen molar-refractivity contribution in [3.05, 3.63) is 0 Å². The van der Waals surface area contributed by atoms with Gasteiger partial charge in [0.05, 0.1) is 0 Å². The van der Waals surface area contributed by atoms with Crippen molar-refractivity contribution in [1.29, 1.82) is 0 Å². The molecular weight excluding hydrogens is 162 g/mol. The Morgan fingerprint density at radius 3 is 2.92 bits per heavy atom. The summed E-state index contributed by atoms with van der Waals surface area (Å²) in [7, 11) is 0. The summed E-state index contributed by atoms with van der Waals surface area (Å²) in [6, 6.07) is 0. The first kappa shape index (κ1) is 9.04. The van der Waals surface area contributed by atoms with Gasteiger partial charge in [-0.05, 0) is 37.5 Å². The minimum atomic E-state index is -0.111. The summed E-state index contributed by atoms with van der Waals surface area (Å²) in [6.45, 7) is 2.26. The first-order valence-corrected chi connectivity index (χ1v) is 5.42. The highest BCUT2D eigenvalue weighted by Crippen LogP contribution is 2.50. The normalized spacial score (nSPS) is 44.4.